The molecule has 2 aromatic carbocycles. The lowest BCUT2D eigenvalue weighted by molar-refractivity contribution is -0.384. The summed E-state index contributed by atoms with van der Waals surface area (Å²) in [7, 11) is 0. The fourth-order valence-corrected chi connectivity index (χ4v) is 4.88. The molecule has 0 aromatic heterocycles. The lowest BCUT2D eigenvalue weighted by Gasteiger charge is -2.27. The van der Waals surface area contributed by atoms with Gasteiger partial charge < -0.3 is 5.32 Å². The van der Waals surface area contributed by atoms with Crippen LogP contribution in [0.4, 0.5) is 17.1 Å². The molecule has 10 heteroatoms. The Bertz CT molecular complexity index is 1170. The number of halogens is 1. The van der Waals surface area contributed by atoms with Gasteiger partial charge in [-0.2, -0.15) is 0 Å². The standard InChI is InChI=1S/C24H27ClN4O4S/c1-13(2)16(5)28-23(31)21(34-24(28)27-19-9-6-14(3)10-15(19)4)12-22(30)26-20-11-17(29(32)33)7-8-18(20)25/h6-11,13,16,21H,12H2,1-5H3,(H,26,30)/t16-,21-/m0/s1. The third-order valence-corrected chi connectivity index (χ3v) is 7.19. The van der Waals surface area contributed by atoms with Gasteiger partial charge in [0.15, 0.2) is 5.17 Å². The lowest BCUT2D eigenvalue weighted by atomic mass is 10.0. The molecule has 2 aromatic rings. The largest absolute Gasteiger partial charge is 0.325 e. The quantitative estimate of drug-likeness (QED) is 0.376. The highest BCUT2D eigenvalue weighted by Crippen LogP contribution is 2.36. The highest BCUT2D eigenvalue weighted by Gasteiger charge is 2.42. The molecule has 0 radical (unpaired) electrons. The zero-order valence-electron chi connectivity index (χ0n) is 19.7. The summed E-state index contributed by atoms with van der Waals surface area (Å²) in [4.78, 5) is 43.0. The van der Waals surface area contributed by atoms with Crippen molar-refractivity contribution in [2.24, 2.45) is 10.9 Å². The second kappa shape index (κ2) is 10.6. The number of nitro groups is 1. The molecule has 2 amide bonds. The number of carbonyl (C=O) groups is 2. The zero-order chi connectivity index (χ0) is 25.2. The minimum Gasteiger partial charge on any atom is -0.325 e. The summed E-state index contributed by atoms with van der Waals surface area (Å²) in [5.41, 5.74) is 2.84. The summed E-state index contributed by atoms with van der Waals surface area (Å²) in [5.74, 6) is -0.460. The van der Waals surface area contributed by atoms with E-state index in [0.29, 0.717) is 5.17 Å². The number of hydrogen-bond acceptors (Lipinski definition) is 6. The Morgan fingerprint density at radius 1 is 1.24 bits per heavy atom. The van der Waals surface area contributed by atoms with Crippen LogP contribution in [-0.4, -0.2) is 38.1 Å². The predicted molar refractivity (Wildman–Crippen MR) is 137 cm³/mol. The predicted octanol–water partition coefficient (Wildman–Crippen LogP) is 5.87. The molecule has 1 N–H and O–H groups in total. The number of non-ortho nitro benzene ring substituents is 1. The summed E-state index contributed by atoms with van der Waals surface area (Å²) >= 11 is 7.35. The molecule has 1 fully saturated rings. The minimum atomic E-state index is -0.664. The molecule has 0 bridgehead atoms. The fourth-order valence-electron chi connectivity index (χ4n) is 3.49. The van der Waals surface area contributed by atoms with Gasteiger partial charge in [-0.1, -0.05) is 54.9 Å². The van der Waals surface area contributed by atoms with Crippen molar-refractivity contribution in [3.8, 4) is 0 Å². The number of benzene rings is 2. The summed E-state index contributed by atoms with van der Waals surface area (Å²) in [5, 5.41) is 13.7. The van der Waals surface area contributed by atoms with Crippen molar-refractivity contribution in [1.82, 2.24) is 4.90 Å². The number of anilines is 1. The summed E-state index contributed by atoms with van der Waals surface area (Å²) < 4.78 is 0. The number of nitrogens with one attached hydrogen (secondary N) is 1. The van der Waals surface area contributed by atoms with E-state index in [-0.39, 0.29) is 40.7 Å². The van der Waals surface area contributed by atoms with Crippen molar-refractivity contribution in [3.05, 3.63) is 62.7 Å². The van der Waals surface area contributed by atoms with Crippen LogP contribution in [0, 0.1) is 29.9 Å². The van der Waals surface area contributed by atoms with Gasteiger partial charge in [0.1, 0.15) is 5.25 Å². The number of nitrogens with zero attached hydrogens (tertiary/aromatic N) is 3. The molecule has 1 heterocycles. The third-order valence-electron chi connectivity index (χ3n) is 5.71. The second-order valence-electron chi connectivity index (χ2n) is 8.66. The van der Waals surface area contributed by atoms with Crippen molar-refractivity contribution in [2.75, 3.05) is 5.32 Å². The van der Waals surface area contributed by atoms with Gasteiger partial charge >= 0.3 is 0 Å². The van der Waals surface area contributed by atoms with Crippen LogP contribution in [0.1, 0.15) is 38.3 Å². The Morgan fingerprint density at radius 2 is 1.94 bits per heavy atom. The smallest absolute Gasteiger partial charge is 0.271 e. The van der Waals surface area contributed by atoms with E-state index in [1.165, 1.54) is 30.0 Å². The second-order valence-corrected chi connectivity index (χ2v) is 10.2. The minimum absolute atomic E-state index is 0.108. The molecule has 1 aliphatic rings. The number of rotatable bonds is 7. The first-order valence-electron chi connectivity index (χ1n) is 10.9. The number of thioether (sulfide) groups is 1. The van der Waals surface area contributed by atoms with E-state index < -0.39 is 16.1 Å². The molecule has 0 unspecified atom stereocenters. The van der Waals surface area contributed by atoms with E-state index in [1.54, 1.807) is 4.90 Å². The lowest BCUT2D eigenvalue weighted by Crippen LogP contribution is -2.42. The molecule has 2 atom stereocenters. The highest BCUT2D eigenvalue weighted by molar-refractivity contribution is 8.15. The van der Waals surface area contributed by atoms with Gasteiger partial charge in [0, 0.05) is 24.6 Å². The Hall–Kier alpha value is -2.91. The summed E-state index contributed by atoms with van der Waals surface area (Å²) in [6, 6.07) is 9.63. The molecule has 34 heavy (non-hydrogen) atoms. The van der Waals surface area contributed by atoms with Gasteiger partial charge in [-0.05, 0) is 44.4 Å². The Balaban J connectivity index is 1.84. The van der Waals surface area contributed by atoms with Crippen molar-refractivity contribution < 1.29 is 14.5 Å². The molecule has 1 aliphatic heterocycles. The molecule has 8 nitrogen and oxygen atoms in total. The maximum atomic E-state index is 13.3. The van der Waals surface area contributed by atoms with E-state index in [9.17, 15) is 19.7 Å². The van der Waals surface area contributed by atoms with E-state index in [4.69, 9.17) is 16.6 Å². The van der Waals surface area contributed by atoms with Crippen LogP contribution in [0.25, 0.3) is 0 Å². The molecule has 0 saturated carbocycles. The molecule has 180 valence electrons. The Labute approximate surface area is 207 Å². The SMILES string of the molecule is Cc1ccc(N=C2S[C@@H](CC(=O)Nc3cc([N+](=O)[O-])ccc3Cl)C(=O)N2[C@@H](C)C(C)C)c(C)c1. The number of hydrogen-bond donors (Lipinski definition) is 1. The van der Waals surface area contributed by atoms with Crippen LogP contribution in [0.2, 0.25) is 5.02 Å². The third kappa shape index (κ3) is 5.77. The fraction of sp³-hybridized carbons (Fsp3) is 0.375. The van der Waals surface area contributed by atoms with Crippen molar-refractivity contribution in [2.45, 2.75) is 52.3 Å². The molecular weight excluding hydrogens is 476 g/mol. The summed E-state index contributed by atoms with van der Waals surface area (Å²) in [6.45, 7) is 10.0. The van der Waals surface area contributed by atoms with Crippen LogP contribution < -0.4 is 5.32 Å². The average molecular weight is 503 g/mol. The van der Waals surface area contributed by atoms with E-state index in [2.05, 4.69) is 5.32 Å². The van der Waals surface area contributed by atoms with Crippen LogP contribution in [0.15, 0.2) is 41.4 Å². The van der Waals surface area contributed by atoms with Crippen molar-refractivity contribution >= 4 is 57.4 Å². The molecule has 1 saturated heterocycles. The Kier molecular flexibility index (Phi) is 7.99. The van der Waals surface area contributed by atoms with Crippen LogP contribution in [0.5, 0.6) is 0 Å². The molecule has 3 rings (SSSR count). The van der Waals surface area contributed by atoms with Crippen molar-refractivity contribution in [3.63, 3.8) is 0 Å². The molecule has 0 aliphatic carbocycles. The monoisotopic (exact) mass is 502 g/mol. The first kappa shape index (κ1) is 25.7. The van der Waals surface area contributed by atoms with E-state index in [1.807, 2.05) is 52.8 Å². The number of amides is 2. The van der Waals surface area contributed by atoms with Crippen LogP contribution >= 0.6 is 23.4 Å². The normalized spacial score (nSPS) is 18.0. The highest BCUT2D eigenvalue weighted by atomic mass is 35.5. The van der Waals surface area contributed by atoms with Crippen molar-refractivity contribution in [1.29, 1.82) is 0 Å². The maximum absolute atomic E-state index is 13.3. The first-order valence-corrected chi connectivity index (χ1v) is 12.1. The molecule has 0 spiro atoms. The van der Waals surface area contributed by atoms with Gasteiger partial charge in [-0.3, -0.25) is 24.6 Å². The first-order chi connectivity index (χ1) is 16.0. The van der Waals surface area contributed by atoms with Gasteiger partial charge in [0.05, 0.1) is 21.3 Å². The number of aryl methyl sites for hydroxylation is 2. The van der Waals surface area contributed by atoms with Crippen LogP contribution in [0.3, 0.4) is 0 Å². The maximum Gasteiger partial charge on any atom is 0.271 e. The number of carbonyl (C=O) groups excluding carboxylic acids is 2. The molecular formula is C24H27ClN4O4S. The number of nitro benzene ring substituents is 1. The van der Waals surface area contributed by atoms with E-state index >= 15 is 0 Å². The number of amidine groups is 1. The summed E-state index contributed by atoms with van der Waals surface area (Å²) in [6.07, 6.45) is -0.115. The topological polar surface area (TPSA) is 105 Å². The van der Waals surface area contributed by atoms with Gasteiger partial charge in [0.2, 0.25) is 11.8 Å². The number of aliphatic imine (C=N–C) groups is 1. The average Bonchev–Trinajstić information content (AvgIpc) is 3.05. The zero-order valence-corrected chi connectivity index (χ0v) is 21.2. The van der Waals surface area contributed by atoms with Gasteiger partial charge in [0.25, 0.3) is 5.69 Å². The van der Waals surface area contributed by atoms with Gasteiger partial charge in [-0.25, -0.2) is 4.99 Å². The van der Waals surface area contributed by atoms with Gasteiger partial charge in [-0.15, -0.1) is 0 Å². The van der Waals surface area contributed by atoms with Crippen LogP contribution in [-0.2, 0) is 9.59 Å². The van der Waals surface area contributed by atoms with E-state index in [0.717, 1.165) is 16.8 Å². The Morgan fingerprint density at radius 3 is 2.56 bits per heavy atom.